The average molecular weight is 686 g/mol. The third-order valence-electron chi connectivity index (χ3n) is 9.26. The second kappa shape index (κ2) is 15.7. The molecular weight excluding hydrogens is 643 g/mol. The Morgan fingerprint density at radius 2 is 1.12 bits per heavy atom. The normalized spacial score (nSPS) is 17.1. The number of phenolic OH excluding ortho intramolecular Hbond substituents is 2. The summed E-state index contributed by atoms with van der Waals surface area (Å²) < 4.78 is 11.4. The van der Waals surface area contributed by atoms with E-state index >= 15 is 0 Å². The van der Waals surface area contributed by atoms with E-state index in [2.05, 4.69) is 29.0 Å². The molecule has 2 N–H and O–H groups in total. The average Bonchev–Trinajstić information content (AvgIpc) is 3.10. The van der Waals surface area contributed by atoms with Crippen molar-refractivity contribution < 1.29 is 19.7 Å². The van der Waals surface area contributed by atoms with Crippen molar-refractivity contribution in [1.82, 2.24) is 9.80 Å². The van der Waals surface area contributed by atoms with E-state index in [9.17, 15) is 10.2 Å². The van der Waals surface area contributed by atoms with Crippen LogP contribution in [-0.4, -0.2) is 72.6 Å². The number of ether oxygens (including phenoxy) is 2. The van der Waals surface area contributed by atoms with E-state index in [0.717, 1.165) is 52.0 Å². The van der Waals surface area contributed by atoms with E-state index in [1.54, 1.807) is 6.08 Å². The van der Waals surface area contributed by atoms with E-state index in [0.29, 0.717) is 68.0 Å². The van der Waals surface area contributed by atoms with Gasteiger partial charge >= 0.3 is 0 Å². The zero-order valence-corrected chi connectivity index (χ0v) is 28.6. The number of rotatable bonds is 11. The first-order chi connectivity index (χ1) is 23.4. The summed E-state index contributed by atoms with van der Waals surface area (Å²) in [5.41, 5.74) is 6.88. The van der Waals surface area contributed by atoms with Crippen LogP contribution in [-0.2, 0) is 22.3 Å². The molecule has 2 atom stereocenters. The molecule has 6 rings (SSSR count). The molecule has 0 aliphatic carbocycles. The minimum absolute atomic E-state index is 0.199. The molecule has 2 saturated heterocycles. The van der Waals surface area contributed by atoms with E-state index in [4.69, 9.17) is 32.7 Å². The zero-order chi connectivity index (χ0) is 33.6. The molecule has 2 heterocycles. The number of hydrogen-bond acceptors (Lipinski definition) is 6. The Morgan fingerprint density at radius 1 is 0.646 bits per heavy atom. The van der Waals surface area contributed by atoms with Crippen molar-refractivity contribution in [3.8, 4) is 22.6 Å². The first kappa shape index (κ1) is 34.3. The van der Waals surface area contributed by atoms with Gasteiger partial charge in [-0.3, -0.25) is 9.80 Å². The summed E-state index contributed by atoms with van der Waals surface area (Å²) in [6.45, 7) is 13.3. The molecule has 0 amide bonds. The Morgan fingerprint density at radius 3 is 1.60 bits per heavy atom. The van der Waals surface area contributed by atoms with Gasteiger partial charge in [-0.2, -0.15) is 0 Å². The van der Waals surface area contributed by atoms with Crippen LogP contribution in [0.4, 0.5) is 0 Å². The summed E-state index contributed by atoms with van der Waals surface area (Å²) in [5, 5.41) is 25.5. The highest BCUT2D eigenvalue weighted by atomic mass is 35.5. The van der Waals surface area contributed by atoms with Gasteiger partial charge in [-0.05, 0) is 89.2 Å². The van der Waals surface area contributed by atoms with Gasteiger partial charge in [0.25, 0.3) is 0 Å². The van der Waals surface area contributed by atoms with Crippen molar-refractivity contribution in [2.45, 2.75) is 24.9 Å². The van der Waals surface area contributed by atoms with E-state index < -0.39 is 0 Å². The third kappa shape index (κ3) is 7.50. The first-order valence-corrected chi connectivity index (χ1v) is 17.2. The Hall–Kier alpha value is -3.62. The van der Waals surface area contributed by atoms with Gasteiger partial charge < -0.3 is 19.7 Å². The summed E-state index contributed by atoms with van der Waals surface area (Å²) in [6.07, 6.45) is 4.77. The first-order valence-electron chi connectivity index (χ1n) is 16.5. The van der Waals surface area contributed by atoms with Crippen molar-refractivity contribution >= 4 is 23.2 Å². The van der Waals surface area contributed by atoms with Crippen LogP contribution in [0.25, 0.3) is 11.1 Å². The van der Waals surface area contributed by atoms with Crippen LogP contribution < -0.4 is 0 Å². The lowest BCUT2D eigenvalue weighted by molar-refractivity contribution is 0.0235. The quantitative estimate of drug-likeness (QED) is 0.155. The fourth-order valence-electron chi connectivity index (χ4n) is 6.96. The number of hydrogen-bond donors (Lipinski definition) is 2. The summed E-state index contributed by atoms with van der Waals surface area (Å²) in [4.78, 5) is 4.68. The molecular formula is C40H42Cl2N2O4. The van der Waals surface area contributed by atoms with Crippen molar-refractivity contribution in [2.24, 2.45) is 0 Å². The molecule has 6 nitrogen and oxygen atoms in total. The van der Waals surface area contributed by atoms with Gasteiger partial charge in [0, 0.05) is 52.9 Å². The summed E-state index contributed by atoms with van der Waals surface area (Å²) in [5.74, 6) is 0.421. The second-order valence-electron chi connectivity index (χ2n) is 12.3. The maximum absolute atomic E-state index is 12.3. The van der Waals surface area contributed by atoms with Crippen molar-refractivity contribution in [3.05, 3.63) is 142 Å². The number of morpholine rings is 2. The molecule has 2 aliphatic rings. The predicted octanol–water partition coefficient (Wildman–Crippen LogP) is 8.37. The summed E-state index contributed by atoms with van der Waals surface area (Å²) in [6, 6.07) is 23.3. The van der Waals surface area contributed by atoms with E-state index in [1.807, 2.05) is 72.8 Å². The number of phenols is 2. The lowest BCUT2D eigenvalue weighted by Gasteiger charge is -2.36. The van der Waals surface area contributed by atoms with Gasteiger partial charge in [0.2, 0.25) is 0 Å². The van der Waals surface area contributed by atoms with Gasteiger partial charge in [0.1, 0.15) is 11.5 Å². The number of allylic oxidation sites excluding steroid dienone is 2. The lowest BCUT2D eigenvalue weighted by Crippen LogP contribution is -2.39. The SMILES string of the molecule is C=CCc1cc(-c2cc(CC=C)c(O)c(C(c3ccc(Cl)cc3)N3CCOCC3)c2)c(O)c(C(c2ccc(Cl)cc2)N2CCOCC2)c1. The molecule has 250 valence electrons. The Labute approximate surface area is 293 Å². The highest BCUT2D eigenvalue weighted by Crippen LogP contribution is 2.45. The molecule has 2 aliphatic heterocycles. The standard InChI is InChI=1S/C40H42Cl2N2O4/c1-3-5-27-23-34(40(46)35(24-27)37(43-15-19-47-20-16-43)28-7-11-32(41)12-8-28)31-25-30(6-4-2)39(45)36(26-31)38(44-17-21-48-22-18-44)29-9-13-33(42)14-10-29/h3-4,7-14,23-26,37-38,45-46H,1-2,5-6,15-22H2. The van der Waals surface area contributed by atoms with Crippen LogP contribution in [0, 0.1) is 0 Å². The summed E-state index contributed by atoms with van der Waals surface area (Å²) in [7, 11) is 0. The van der Waals surface area contributed by atoms with Crippen molar-refractivity contribution in [1.29, 1.82) is 0 Å². The minimum atomic E-state index is -0.261. The summed E-state index contributed by atoms with van der Waals surface area (Å²) >= 11 is 12.6. The van der Waals surface area contributed by atoms with Crippen molar-refractivity contribution in [2.75, 3.05) is 52.6 Å². The number of aromatic hydroxyl groups is 2. The topological polar surface area (TPSA) is 65.4 Å². The fraction of sp³-hybridized carbons (Fsp3) is 0.300. The van der Waals surface area contributed by atoms with Crippen LogP contribution >= 0.6 is 23.2 Å². The lowest BCUT2D eigenvalue weighted by atomic mass is 9.86. The van der Waals surface area contributed by atoms with Crippen LogP contribution in [0.5, 0.6) is 11.5 Å². The molecule has 2 unspecified atom stereocenters. The molecule has 8 heteroatoms. The Bertz CT molecular complexity index is 1730. The number of benzene rings is 4. The molecule has 0 aromatic heterocycles. The van der Waals surface area contributed by atoms with Gasteiger partial charge in [0.05, 0.1) is 38.5 Å². The van der Waals surface area contributed by atoms with Crippen molar-refractivity contribution in [3.63, 3.8) is 0 Å². The second-order valence-corrected chi connectivity index (χ2v) is 13.2. The molecule has 4 aromatic rings. The Kier molecular flexibility index (Phi) is 11.2. The number of halogens is 2. The maximum Gasteiger partial charge on any atom is 0.128 e. The van der Waals surface area contributed by atoms with E-state index in [-0.39, 0.29) is 23.6 Å². The number of nitrogens with zero attached hydrogens (tertiary/aromatic N) is 2. The molecule has 0 radical (unpaired) electrons. The van der Waals surface area contributed by atoms with Crippen LogP contribution in [0.2, 0.25) is 10.0 Å². The monoisotopic (exact) mass is 684 g/mol. The molecule has 4 aromatic carbocycles. The van der Waals surface area contributed by atoms with Gasteiger partial charge in [-0.15, -0.1) is 13.2 Å². The van der Waals surface area contributed by atoms with E-state index in [1.165, 1.54) is 0 Å². The zero-order valence-electron chi connectivity index (χ0n) is 27.1. The smallest absolute Gasteiger partial charge is 0.128 e. The van der Waals surface area contributed by atoms with Gasteiger partial charge in [0.15, 0.2) is 0 Å². The van der Waals surface area contributed by atoms with Crippen LogP contribution in [0.3, 0.4) is 0 Å². The molecule has 0 bridgehead atoms. The highest BCUT2D eigenvalue weighted by molar-refractivity contribution is 6.30. The Balaban J connectivity index is 1.56. The largest absolute Gasteiger partial charge is 0.507 e. The van der Waals surface area contributed by atoms with Crippen LogP contribution in [0.1, 0.15) is 45.5 Å². The molecule has 2 fully saturated rings. The van der Waals surface area contributed by atoms with Gasteiger partial charge in [-0.1, -0.05) is 59.6 Å². The van der Waals surface area contributed by atoms with Crippen LogP contribution in [0.15, 0.2) is 98.1 Å². The minimum Gasteiger partial charge on any atom is -0.507 e. The van der Waals surface area contributed by atoms with Gasteiger partial charge in [-0.25, -0.2) is 0 Å². The maximum atomic E-state index is 12.3. The molecule has 48 heavy (non-hydrogen) atoms. The molecule has 0 spiro atoms. The highest BCUT2D eigenvalue weighted by Gasteiger charge is 2.31. The predicted molar refractivity (Wildman–Crippen MR) is 194 cm³/mol. The third-order valence-corrected chi connectivity index (χ3v) is 9.76. The fourth-order valence-corrected chi connectivity index (χ4v) is 7.21. The molecule has 0 saturated carbocycles.